The van der Waals surface area contributed by atoms with Gasteiger partial charge in [-0.25, -0.2) is 4.68 Å². The average Bonchev–Trinajstić information content (AvgIpc) is 2.90. The highest BCUT2D eigenvalue weighted by Crippen LogP contribution is 2.14. The molecule has 2 rings (SSSR count). The largest absolute Gasteiger partial charge is 0.383 e. The quantitative estimate of drug-likeness (QED) is 0.759. The van der Waals surface area contributed by atoms with E-state index in [0.29, 0.717) is 0 Å². The molecule has 2 aromatic rings. The molecule has 4 nitrogen and oxygen atoms in total. The van der Waals surface area contributed by atoms with Gasteiger partial charge in [-0.3, -0.25) is 0 Å². The van der Waals surface area contributed by atoms with E-state index in [1.54, 1.807) is 7.11 Å². The van der Waals surface area contributed by atoms with Crippen LogP contribution in [-0.4, -0.2) is 36.6 Å². The van der Waals surface area contributed by atoms with E-state index in [4.69, 9.17) is 4.74 Å². The monoisotopic (exact) mass is 287 g/mol. The molecule has 0 aliphatic rings. The Labute approximate surface area is 127 Å². The predicted molar refractivity (Wildman–Crippen MR) is 86.1 cm³/mol. The number of aromatic nitrogens is 2. The van der Waals surface area contributed by atoms with Crippen LogP contribution in [0.25, 0.3) is 5.69 Å². The number of hydrogen-bond donors (Lipinski definition) is 1. The van der Waals surface area contributed by atoms with Crippen molar-refractivity contribution in [3.63, 3.8) is 0 Å². The summed E-state index contributed by atoms with van der Waals surface area (Å²) >= 11 is 0. The van der Waals surface area contributed by atoms with Gasteiger partial charge in [-0.05, 0) is 62.1 Å². The van der Waals surface area contributed by atoms with Crippen molar-refractivity contribution in [1.82, 2.24) is 15.1 Å². The topological polar surface area (TPSA) is 39.1 Å². The number of nitrogens with one attached hydrogen (secondary N) is 1. The number of benzene rings is 1. The Balaban J connectivity index is 1.86. The molecule has 0 atom stereocenters. The molecule has 4 heteroatoms. The van der Waals surface area contributed by atoms with E-state index in [9.17, 15) is 0 Å². The van der Waals surface area contributed by atoms with Crippen molar-refractivity contribution in [2.45, 2.75) is 26.7 Å². The summed E-state index contributed by atoms with van der Waals surface area (Å²) in [5.74, 6) is 0. The van der Waals surface area contributed by atoms with Gasteiger partial charge in [-0.1, -0.05) is 6.07 Å². The molecule has 0 radical (unpaired) electrons. The van der Waals surface area contributed by atoms with Gasteiger partial charge in [-0.2, -0.15) is 5.10 Å². The van der Waals surface area contributed by atoms with Crippen LogP contribution in [0.2, 0.25) is 0 Å². The van der Waals surface area contributed by atoms with Gasteiger partial charge in [0.15, 0.2) is 0 Å². The Hall–Kier alpha value is -1.65. The van der Waals surface area contributed by atoms with Crippen molar-refractivity contribution >= 4 is 0 Å². The van der Waals surface area contributed by atoms with Crippen molar-refractivity contribution < 1.29 is 4.74 Å². The fourth-order valence-corrected chi connectivity index (χ4v) is 2.43. The average molecular weight is 287 g/mol. The van der Waals surface area contributed by atoms with Crippen LogP contribution in [0.15, 0.2) is 30.6 Å². The Bertz CT molecular complexity index is 543. The number of aryl methyl sites for hydroxylation is 3. The van der Waals surface area contributed by atoms with Gasteiger partial charge in [0.25, 0.3) is 0 Å². The van der Waals surface area contributed by atoms with Crippen molar-refractivity contribution in [1.29, 1.82) is 0 Å². The second-order valence-electron chi connectivity index (χ2n) is 5.49. The minimum Gasteiger partial charge on any atom is -0.383 e. The standard InChI is InChI=1S/C17H25N3O/c1-14-9-15(2)11-17(10-14)20-13-16(12-19-20)5-4-6-18-7-8-21-3/h9-13,18H,4-8H2,1-3H3. The molecule has 1 aromatic carbocycles. The number of ether oxygens (including phenoxy) is 1. The van der Waals surface area contributed by atoms with Gasteiger partial charge in [-0.15, -0.1) is 0 Å². The third-order valence-corrected chi connectivity index (χ3v) is 3.41. The van der Waals surface area contributed by atoms with Gasteiger partial charge in [0.05, 0.1) is 18.5 Å². The van der Waals surface area contributed by atoms with E-state index in [0.717, 1.165) is 38.2 Å². The maximum atomic E-state index is 5.00. The lowest BCUT2D eigenvalue weighted by atomic mass is 10.1. The van der Waals surface area contributed by atoms with E-state index in [2.05, 4.69) is 48.7 Å². The summed E-state index contributed by atoms with van der Waals surface area (Å²) in [5.41, 5.74) is 4.95. The van der Waals surface area contributed by atoms with E-state index >= 15 is 0 Å². The van der Waals surface area contributed by atoms with Crippen LogP contribution in [0.3, 0.4) is 0 Å². The van der Waals surface area contributed by atoms with Crippen LogP contribution in [0.1, 0.15) is 23.1 Å². The van der Waals surface area contributed by atoms with Gasteiger partial charge in [0, 0.05) is 19.9 Å². The molecule has 0 bridgehead atoms. The lowest BCUT2D eigenvalue weighted by Crippen LogP contribution is -2.20. The molecule has 0 fully saturated rings. The van der Waals surface area contributed by atoms with Crippen LogP contribution in [0, 0.1) is 13.8 Å². The SMILES string of the molecule is COCCNCCCc1cnn(-c2cc(C)cc(C)c2)c1. The highest BCUT2D eigenvalue weighted by Gasteiger charge is 2.02. The minimum absolute atomic E-state index is 0.768. The van der Waals surface area contributed by atoms with Crippen molar-refractivity contribution in [2.75, 3.05) is 26.8 Å². The second-order valence-corrected chi connectivity index (χ2v) is 5.49. The van der Waals surface area contributed by atoms with Crippen LogP contribution in [0.4, 0.5) is 0 Å². The maximum Gasteiger partial charge on any atom is 0.0650 e. The molecule has 0 saturated carbocycles. The zero-order valence-corrected chi connectivity index (χ0v) is 13.2. The Kier molecular flexibility index (Phi) is 5.96. The normalized spacial score (nSPS) is 11.0. The van der Waals surface area contributed by atoms with Crippen molar-refractivity contribution in [3.8, 4) is 5.69 Å². The summed E-state index contributed by atoms with van der Waals surface area (Å²) in [6, 6.07) is 6.51. The summed E-state index contributed by atoms with van der Waals surface area (Å²) in [7, 11) is 1.73. The lowest BCUT2D eigenvalue weighted by Gasteiger charge is -2.05. The summed E-state index contributed by atoms with van der Waals surface area (Å²) in [6.45, 7) is 6.93. The molecule has 1 N–H and O–H groups in total. The molecule has 0 unspecified atom stereocenters. The van der Waals surface area contributed by atoms with E-state index in [1.807, 2.05) is 10.9 Å². The molecule has 114 valence electrons. The summed E-state index contributed by atoms with van der Waals surface area (Å²) in [5, 5.41) is 7.83. The van der Waals surface area contributed by atoms with Crippen LogP contribution < -0.4 is 5.32 Å². The second kappa shape index (κ2) is 7.96. The van der Waals surface area contributed by atoms with Crippen LogP contribution in [0.5, 0.6) is 0 Å². The molecule has 0 spiro atoms. The Morgan fingerprint density at radius 1 is 1.14 bits per heavy atom. The van der Waals surface area contributed by atoms with Crippen molar-refractivity contribution in [2.24, 2.45) is 0 Å². The highest BCUT2D eigenvalue weighted by molar-refractivity contribution is 5.39. The van der Waals surface area contributed by atoms with Crippen LogP contribution >= 0.6 is 0 Å². The van der Waals surface area contributed by atoms with E-state index < -0.39 is 0 Å². The molecule has 0 amide bonds. The third-order valence-electron chi connectivity index (χ3n) is 3.41. The zero-order valence-electron chi connectivity index (χ0n) is 13.2. The molecule has 0 saturated heterocycles. The van der Waals surface area contributed by atoms with E-state index in [-0.39, 0.29) is 0 Å². The molecule has 21 heavy (non-hydrogen) atoms. The van der Waals surface area contributed by atoms with Gasteiger partial charge >= 0.3 is 0 Å². The third kappa shape index (κ3) is 4.99. The first-order chi connectivity index (χ1) is 10.2. The predicted octanol–water partition coefficient (Wildman–Crippen LogP) is 2.66. The van der Waals surface area contributed by atoms with Crippen LogP contribution in [-0.2, 0) is 11.2 Å². The van der Waals surface area contributed by atoms with E-state index in [1.165, 1.54) is 16.7 Å². The first-order valence-electron chi connectivity index (χ1n) is 7.51. The fourth-order valence-electron chi connectivity index (χ4n) is 2.43. The van der Waals surface area contributed by atoms with Gasteiger partial charge in [0.1, 0.15) is 0 Å². The minimum atomic E-state index is 0.768. The smallest absolute Gasteiger partial charge is 0.0650 e. The molecular weight excluding hydrogens is 262 g/mol. The Morgan fingerprint density at radius 3 is 2.62 bits per heavy atom. The molecule has 0 aliphatic carbocycles. The zero-order chi connectivity index (χ0) is 15.1. The lowest BCUT2D eigenvalue weighted by molar-refractivity contribution is 0.199. The number of nitrogens with zero attached hydrogens (tertiary/aromatic N) is 2. The molecule has 0 aliphatic heterocycles. The number of methoxy groups -OCH3 is 1. The molecule has 1 aromatic heterocycles. The first kappa shape index (κ1) is 15.7. The Morgan fingerprint density at radius 2 is 1.90 bits per heavy atom. The van der Waals surface area contributed by atoms with Gasteiger partial charge < -0.3 is 10.1 Å². The van der Waals surface area contributed by atoms with Gasteiger partial charge in [0.2, 0.25) is 0 Å². The first-order valence-corrected chi connectivity index (χ1v) is 7.51. The number of rotatable bonds is 8. The fraction of sp³-hybridized carbons (Fsp3) is 0.471. The summed E-state index contributed by atoms with van der Waals surface area (Å²) in [6.07, 6.45) is 6.25. The molecule has 1 heterocycles. The summed E-state index contributed by atoms with van der Waals surface area (Å²) < 4.78 is 6.97. The van der Waals surface area contributed by atoms with Crippen molar-refractivity contribution in [3.05, 3.63) is 47.3 Å². The molecular formula is C17H25N3O. The summed E-state index contributed by atoms with van der Waals surface area (Å²) in [4.78, 5) is 0. The highest BCUT2D eigenvalue weighted by atomic mass is 16.5. The number of hydrogen-bond acceptors (Lipinski definition) is 3. The maximum absolute atomic E-state index is 5.00.